The van der Waals surface area contributed by atoms with Crippen molar-refractivity contribution in [1.82, 2.24) is 0 Å². The Balaban J connectivity index is 3.29. The third-order valence-corrected chi connectivity index (χ3v) is 7.52. The molecule has 0 aliphatic rings. The van der Waals surface area contributed by atoms with Crippen LogP contribution in [0.4, 0.5) is 0 Å². The van der Waals surface area contributed by atoms with Gasteiger partial charge in [-0.1, -0.05) is 155 Å². The molecule has 0 heterocycles. The lowest BCUT2D eigenvalue weighted by Gasteiger charge is -2.12. The van der Waals surface area contributed by atoms with Crippen LogP contribution >= 0.6 is 7.82 Å². The average molecular weight is 491 g/mol. The zero-order chi connectivity index (χ0) is 24.3. The van der Waals surface area contributed by atoms with E-state index in [9.17, 15) is 9.46 Å². The molecule has 0 rings (SSSR count). The van der Waals surface area contributed by atoms with Gasteiger partial charge in [0.1, 0.15) is 0 Å². The lowest BCUT2D eigenvalue weighted by molar-refractivity contribution is 0.145. The highest BCUT2D eigenvalue weighted by molar-refractivity contribution is 7.47. The molecule has 0 aromatic rings. The molecule has 0 saturated heterocycles. The van der Waals surface area contributed by atoms with Gasteiger partial charge in [-0.05, 0) is 12.8 Å². The van der Waals surface area contributed by atoms with E-state index in [0.717, 1.165) is 25.7 Å². The Hall–Kier alpha value is 0.110. The van der Waals surface area contributed by atoms with Crippen LogP contribution in [-0.2, 0) is 13.6 Å². The maximum atomic E-state index is 11.9. The minimum Gasteiger partial charge on any atom is -0.302 e. The minimum absolute atomic E-state index is 0.323. The first-order valence-electron chi connectivity index (χ1n) is 14.7. The van der Waals surface area contributed by atoms with Crippen molar-refractivity contribution in [3.8, 4) is 0 Å². The topological polar surface area (TPSA) is 55.8 Å². The van der Waals surface area contributed by atoms with Crippen molar-refractivity contribution in [2.24, 2.45) is 0 Å². The summed E-state index contributed by atoms with van der Waals surface area (Å²) in [5.74, 6) is 0. The van der Waals surface area contributed by atoms with Crippen LogP contribution in [0.5, 0.6) is 0 Å². The molecule has 0 unspecified atom stereocenters. The quantitative estimate of drug-likeness (QED) is 0.0875. The lowest BCUT2D eigenvalue weighted by atomic mass is 10.1. The van der Waals surface area contributed by atoms with Gasteiger partial charge in [-0.25, -0.2) is 4.57 Å². The van der Waals surface area contributed by atoms with Gasteiger partial charge in [0.05, 0.1) is 13.2 Å². The van der Waals surface area contributed by atoms with E-state index in [1.54, 1.807) is 0 Å². The van der Waals surface area contributed by atoms with Gasteiger partial charge < -0.3 is 4.89 Å². The molecule has 33 heavy (non-hydrogen) atoms. The Morgan fingerprint density at radius 1 is 0.424 bits per heavy atom. The molecule has 0 radical (unpaired) electrons. The van der Waals surface area contributed by atoms with E-state index in [1.807, 2.05) is 0 Å². The molecule has 0 fully saturated rings. The standard InChI is InChI=1S/C28H59O4P/c1-3-5-7-9-11-13-15-17-19-21-23-25-27-31-33(29,30)32-28-26-24-22-20-18-16-14-12-10-8-6-4-2/h3-28H2,1-2H3,(H,29,30). The van der Waals surface area contributed by atoms with Crippen molar-refractivity contribution in [2.45, 2.75) is 168 Å². The number of unbranched alkanes of at least 4 members (excludes halogenated alkanes) is 22. The van der Waals surface area contributed by atoms with Gasteiger partial charge in [-0.2, -0.15) is 0 Å². The molecule has 0 bridgehead atoms. The van der Waals surface area contributed by atoms with Gasteiger partial charge in [0.25, 0.3) is 0 Å². The molecule has 0 aliphatic heterocycles. The molecule has 1 N–H and O–H groups in total. The van der Waals surface area contributed by atoms with Crippen molar-refractivity contribution >= 4 is 7.82 Å². The second-order valence-electron chi connectivity index (χ2n) is 9.91. The number of phosphoric acid groups is 1. The zero-order valence-corrected chi connectivity index (χ0v) is 23.4. The Labute approximate surface area is 207 Å². The summed E-state index contributed by atoms with van der Waals surface area (Å²) >= 11 is 0. The van der Waals surface area contributed by atoms with E-state index >= 15 is 0 Å². The molecule has 5 heteroatoms. The summed E-state index contributed by atoms with van der Waals surface area (Å²) < 4.78 is 22.2. The van der Waals surface area contributed by atoms with E-state index < -0.39 is 7.82 Å². The number of hydrogen-bond acceptors (Lipinski definition) is 3. The summed E-state index contributed by atoms with van der Waals surface area (Å²) in [5, 5.41) is 0. The van der Waals surface area contributed by atoms with Crippen LogP contribution in [0.3, 0.4) is 0 Å². The first kappa shape index (κ1) is 33.1. The predicted octanol–water partition coefficient (Wildman–Crippen LogP) is 10.5. The first-order chi connectivity index (χ1) is 16.1. The van der Waals surface area contributed by atoms with Gasteiger partial charge in [0, 0.05) is 0 Å². The summed E-state index contributed by atoms with van der Waals surface area (Å²) in [6.07, 6.45) is 30.6. The third kappa shape index (κ3) is 28.2. The van der Waals surface area contributed by atoms with E-state index in [-0.39, 0.29) is 0 Å². The number of phosphoric ester groups is 1. The van der Waals surface area contributed by atoms with E-state index in [0.29, 0.717) is 13.2 Å². The molecular weight excluding hydrogens is 431 g/mol. The molecule has 0 aromatic heterocycles. The SMILES string of the molecule is CCCCCCCCCCCCCCOP(=O)(O)OCCCCCCCCCCCCCC. The fourth-order valence-corrected chi connectivity index (χ4v) is 5.08. The molecule has 0 aromatic carbocycles. The normalized spacial score (nSPS) is 12.0. The molecular formula is C28H59O4P. The maximum Gasteiger partial charge on any atom is 0.472 e. The molecule has 4 nitrogen and oxygen atoms in total. The highest BCUT2D eigenvalue weighted by Crippen LogP contribution is 2.43. The molecule has 0 spiro atoms. The second kappa shape index (κ2) is 26.7. The Morgan fingerprint density at radius 2 is 0.636 bits per heavy atom. The van der Waals surface area contributed by atoms with Gasteiger partial charge in [0.2, 0.25) is 0 Å². The molecule has 0 saturated carbocycles. The minimum atomic E-state index is -3.86. The Morgan fingerprint density at radius 3 is 0.879 bits per heavy atom. The molecule has 0 amide bonds. The Bertz CT molecular complexity index is 383. The fourth-order valence-electron chi connectivity index (χ4n) is 4.28. The van der Waals surface area contributed by atoms with Crippen molar-refractivity contribution in [3.05, 3.63) is 0 Å². The van der Waals surface area contributed by atoms with Crippen LogP contribution in [0.15, 0.2) is 0 Å². The number of rotatable bonds is 28. The summed E-state index contributed by atoms with van der Waals surface area (Å²) in [6.45, 7) is 5.17. The Kier molecular flexibility index (Phi) is 26.8. The summed E-state index contributed by atoms with van der Waals surface area (Å²) in [7, 11) is -3.86. The summed E-state index contributed by atoms with van der Waals surface area (Å²) in [4.78, 5) is 9.78. The lowest BCUT2D eigenvalue weighted by Crippen LogP contribution is -1.99. The van der Waals surface area contributed by atoms with Gasteiger partial charge in [-0.3, -0.25) is 9.05 Å². The van der Waals surface area contributed by atoms with Gasteiger partial charge in [-0.15, -0.1) is 0 Å². The number of hydrogen-bond donors (Lipinski definition) is 1. The zero-order valence-electron chi connectivity index (χ0n) is 22.5. The van der Waals surface area contributed by atoms with Crippen molar-refractivity contribution < 1.29 is 18.5 Å². The predicted molar refractivity (Wildman–Crippen MR) is 144 cm³/mol. The smallest absolute Gasteiger partial charge is 0.302 e. The van der Waals surface area contributed by atoms with E-state index in [4.69, 9.17) is 9.05 Å². The van der Waals surface area contributed by atoms with Crippen LogP contribution in [-0.4, -0.2) is 18.1 Å². The summed E-state index contributed by atoms with van der Waals surface area (Å²) in [5.41, 5.74) is 0. The van der Waals surface area contributed by atoms with Crippen LogP contribution < -0.4 is 0 Å². The van der Waals surface area contributed by atoms with Crippen LogP contribution in [0, 0.1) is 0 Å². The fraction of sp³-hybridized carbons (Fsp3) is 1.00. The van der Waals surface area contributed by atoms with Crippen LogP contribution in [0.1, 0.15) is 168 Å². The maximum absolute atomic E-state index is 11.9. The average Bonchev–Trinajstić information content (AvgIpc) is 2.80. The van der Waals surface area contributed by atoms with Gasteiger partial charge in [0.15, 0.2) is 0 Å². The second-order valence-corrected chi connectivity index (χ2v) is 11.4. The first-order valence-corrected chi connectivity index (χ1v) is 16.2. The highest BCUT2D eigenvalue weighted by atomic mass is 31.2. The monoisotopic (exact) mass is 490 g/mol. The van der Waals surface area contributed by atoms with Crippen molar-refractivity contribution in [2.75, 3.05) is 13.2 Å². The van der Waals surface area contributed by atoms with Crippen LogP contribution in [0.25, 0.3) is 0 Å². The third-order valence-electron chi connectivity index (χ3n) is 6.50. The van der Waals surface area contributed by atoms with Crippen LogP contribution in [0.2, 0.25) is 0 Å². The summed E-state index contributed by atoms with van der Waals surface area (Å²) in [6, 6.07) is 0. The largest absolute Gasteiger partial charge is 0.472 e. The highest BCUT2D eigenvalue weighted by Gasteiger charge is 2.19. The molecule has 0 atom stereocenters. The molecule has 0 aliphatic carbocycles. The molecule has 200 valence electrons. The van der Waals surface area contributed by atoms with E-state index in [1.165, 1.54) is 128 Å². The van der Waals surface area contributed by atoms with Crippen molar-refractivity contribution in [3.63, 3.8) is 0 Å². The van der Waals surface area contributed by atoms with E-state index in [2.05, 4.69) is 13.8 Å². The van der Waals surface area contributed by atoms with Crippen molar-refractivity contribution in [1.29, 1.82) is 0 Å². The van der Waals surface area contributed by atoms with Gasteiger partial charge >= 0.3 is 7.82 Å².